The van der Waals surface area contributed by atoms with Crippen molar-refractivity contribution in [2.24, 2.45) is 11.8 Å². The predicted molar refractivity (Wildman–Crippen MR) is 73.9 cm³/mol. The van der Waals surface area contributed by atoms with E-state index in [1.165, 1.54) is 0 Å². The first-order valence-corrected chi connectivity index (χ1v) is 6.74. The highest BCUT2D eigenvalue weighted by Gasteiger charge is 2.33. The Morgan fingerprint density at radius 2 is 2.00 bits per heavy atom. The number of carboxylic acid groups (broad SMARTS) is 1. The standard InChI is InChI=1S/C15H18N2O3/c18-14(12-6-1-2-7-13(12)15(19)20)17-10-8-11-5-3-4-9-16-11/h1-5,9,12-13H,6-8,10H2,(H,17,18)(H,19,20). The summed E-state index contributed by atoms with van der Waals surface area (Å²) in [6, 6.07) is 5.64. The third-order valence-electron chi connectivity index (χ3n) is 3.49. The Kier molecular flexibility index (Phi) is 4.87. The number of hydrogen-bond acceptors (Lipinski definition) is 3. The van der Waals surface area contributed by atoms with Gasteiger partial charge in [0.05, 0.1) is 11.8 Å². The van der Waals surface area contributed by atoms with Crippen LogP contribution >= 0.6 is 0 Å². The van der Waals surface area contributed by atoms with E-state index in [4.69, 9.17) is 5.11 Å². The SMILES string of the molecule is O=C(O)C1CC=CCC1C(=O)NCCc1ccccn1. The molecule has 5 heteroatoms. The average Bonchev–Trinajstić information content (AvgIpc) is 2.48. The number of aliphatic carboxylic acids is 1. The number of nitrogens with zero attached hydrogens (tertiary/aromatic N) is 1. The molecule has 0 saturated heterocycles. The van der Waals surface area contributed by atoms with Crippen molar-refractivity contribution in [1.82, 2.24) is 10.3 Å². The molecule has 2 unspecified atom stereocenters. The maximum absolute atomic E-state index is 12.1. The lowest BCUT2D eigenvalue weighted by atomic mass is 9.82. The third kappa shape index (κ3) is 3.66. The molecule has 106 valence electrons. The van der Waals surface area contributed by atoms with Gasteiger partial charge in [-0.1, -0.05) is 18.2 Å². The molecule has 1 aliphatic carbocycles. The second-order valence-corrected chi connectivity index (χ2v) is 4.86. The van der Waals surface area contributed by atoms with Crippen molar-refractivity contribution in [3.8, 4) is 0 Å². The highest BCUT2D eigenvalue weighted by molar-refractivity contribution is 5.85. The van der Waals surface area contributed by atoms with E-state index in [9.17, 15) is 9.59 Å². The number of carbonyl (C=O) groups excluding carboxylic acids is 1. The number of carboxylic acids is 1. The molecule has 0 radical (unpaired) electrons. The molecule has 1 aromatic rings. The summed E-state index contributed by atoms with van der Waals surface area (Å²) in [5.41, 5.74) is 0.908. The van der Waals surface area contributed by atoms with Gasteiger partial charge in [0.25, 0.3) is 0 Å². The number of allylic oxidation sites excluding steroid dienone is 2. The molecule has 20 heavy (non-hydrogen) atoms. The van der Waals surface area contributed by atoms with Gasteiger partial charge in [0.1, 0.15) is 0 Å². The number of hydrogen-bond donors (Lipinski definition) is 2. The average molecular weight is 274 g/mol. The van der Waals surface area contributed by atoms with E-state index in [0.717, 1.165) is 5.69 Å². The van der Waals surface area contributed by atoms with Crippen molar-refractivity contribution in [3.05, 3.63) is 42.2 Å². The van der Waals surface area contributed by atoms with E-state index >= 15 is 0 Å². The van der Waals surface area contributed by atoms with Gasteiger partial charge in [-0.15, -0.1) is 0 Å². The first-order valence-electron chi connectivity index (χ1n) is 6.74. The van der Waals surface area contributed by atoms with Crippen LogP contribution in [0.2, 0.25) is 0 Å². The molecule has 5 nitrogen and oxygen atoms in total. The predicted octanol–water partition coefficient (Wildman–Crippen LogP) is 1.41. The summed E-state index contributed by atoms with van der Waals surface area (Å²) in [5.74, 6) is -2.17. The van der Waals surface area contributed by atoms with Gasteiger partial charge in [0.15, 0.2) is 0 Å². The quantitative estimate of drug-likeness (QED) is 0.796. The van der Waals surface area contributed by atoms with Crippen LogP contribution in [0.1, 0.15) is 18.5 Å². The summed E-state index contributed by atoms with van der Waals surface area (Å²) in [5, 5.41) is 11.9. The molecule has 0 saturated carbocycles. The van der Waals surface area contributed by atoms with Crippen molar-refractivity contribution < 1.29 is 14.7 Å². The van der Waals surface area contributed by atoms with E-state index in [-0.39, 0.29) is 5.91 Å². The molecular formula is C15H18N2O3. The highest BCUT2D eigenvalue weighted by Crippen LogP contribution is 2.25. The molecule has 0 spiro atoms. The Hall–Kier alpha value is -2.17. The fourth-order valence-corrected chi connectivity index (χ4v) is 2.37. The largest absolute Gasteiger partial charge is 0.481 e. The molecule has 2 N–H and O–H groups in total. The van der Waals surface area contributed by atoms with Crippen LogP contribution in [0.5, 0.6) is 0 Å². The zero-order chi connectivity index (χ0) is 14.4. The van der Waals surface area contributed by atoms with Crippen LogP contribution in [-0.2, 0) is 16.0 Å². The molecular weight excluding hydrogens is 256 g/mol. The number of pyridine rings is 1. The van der Waals surface area contributed by atoms with Gasteiger partial charge in [-0.3, -0.25) is 14.6 Å². The molecule has 2 rings (SSSR count). The zero-order valence-corrected chi connectivity index (χ0v) is 11.2. The van der Waals surface area contributed by atoms with Gasteiger partial charge in [-0.05, 0) is 25.0 Å². The van der Waals surface area contributed by atoms with Crippen LogP contribution < -0.4 is 5.32 Å². The van der Waals surface area contributed by atoms with E-state index in [1.807, 2.05) is 30.4 Å². The normalized spacial score (nSPS) is 21.4. The van der Waals surface area contributed by atoms with Crippen LogP contribution in [0.25, 0.3) is 0 Å². The number of carbonyl (C=O) groups is 2. The Balaban J connectivity index is 1.85. The van der Waals surface area contributed by atoms with Crippen molar-refractivity contribution >= 4 is 11.9 Å². The number of aromatic nitrogens is 1. The van der Waals surface area contributed by atoms with Gasteiger partial charge < -0.3 is 10.4 Å². The van der Waals surface area contributed by atoms with Crippen LogP contribution in [0.4, 0.5) is 0 Å². The van der Waals surface area contributed by atoms with Crippen LogP contribution in [0.15, 0.2) is 36.5 Å². The summed E-state index contributed by atoms with van der Waals surface area (Å²) in [6.45, 7) is 0.475. The van der Waals surface area contributed by atoms with E-state index in [2.05, 4.69) is 10.3 Å². The first kappa shape index (κ1) is 14.2. The minimum absolute atomic E-state index is 0.183. The smallest absolute Gasteiger partial charge is 0.307 e. The summed E-state index contributed by atoms with van der Waals surface area (Å²) < 4.78 is 0. The Morgan fingerprint density at radius 1 is 1.25 bits per heavy atom. The summed E-state index contributed by atoms with van der Waals surface area (Å²) in [6.07, 6.45) is 6.98. The molecule has 1 heterocycles. The van der Waals surface area contributed by atoms with Gasteiger partial charge in [-0.25, -0.2) is 0 Å². The van der Waals surface area contributed by atoms with Gasteiger partial charge >= 0.3 is 5.97 Å². The topological polar surface area (TPSA) is 79.3 Å². The molecule has 1 amide bonds. The number of rotatable bonds is 5. The van der Waals surface area contributed by atoms with Crippen molar-refractivity contribution in [2.75, 3.05) is 6.54 Å². The zero-order valence-electron chi connectivity index (χ0n) is 11.2. The molecule has 1 aliphatic rings. The summed E-state index contributed by atoms with van der Waals surface area (Å²) in [4.78, 5) is 27.4. The minimum Gasteiger partial charge on any atom is -0.481 e. The molecule has 0 bridgehead atoms. The van der Waals surface area contributed by atoms with Crippen molar-refractivity contribution in [3.63, 3.8) is 0 Å². The number of amides is 1. The van der Waals surface area contributed by atoms with Crippen LogP contribution in [0.3, 0.4) is 0 Å². The first-order chi connectivity index (χ1) is 9.68. The Bertz CT molecular complexity index is 499. The summed E-state index contributed by atoms with van der Waals surface area (Å²) >= 11 is 0. The van der Waals surface area contributed by atoms with E-state index < -0.39 is 17.8 Å². The van der Waals surface area contributed by atoms with Gasteiger partial charge in [0.2, 0.25) is 5.91 Å². The van der Waals surface area contributed by atoms with Crippen molar-refractivity contribution in [1.29, 1.82) is 0 Å². The molecule has 0 aromatic carbocycles. The van der Waals surface area contributed by atoms with Gasteiger partial charge in [0, 0.05) is 24.9 Å². The molecule has 1 aromatic heterocycles. The van der Waals surface area contributed by atoms with Gasteiger partial charge in [-0.2, -0.15) is 0 Å². The van der Waals surface area contributed by atoms with E-state index in [0.29, 0.717) is 25.8 Å². The minimum atomic E-state index is -0.903. The lowest BCUT2D eigenvalue weighted by Crippen LogP contribution is -2.39. The van der Waals surface area contributed by atoms with Crippen LogP contribution in [-0.4, -0.2) is 28.5 Å². The summed E-state index contributed by atoms with van der Waals surface area (Å²) in [7, 11) is 0. The molecule has 0 fully saturated rings. The Morgan fingerprint density at radius 3 is 2.65 bits per heavy atom. The fraction of sp³-hybridized carbons (Fsp3) is 0.400. The van der Waals surface area contributed by atoms with E-state index in [1.54, 1.807) is 6.20 Å². The fourth-order valence-electron chi connectivity index (χ4n) is 2.37. The third-order valence-corrected chi connectivity index (χ3v) is 3.49. The lowest BCUT2D eigenvalue weighted by Gasteiger charge is -2.24. The molecule has 2 atom stereocenters. The molecule has 0 aliphatic heterocycles. The highest BCUT2D eigenvalue weighted by atomic mass is 16.4. The number of nitrogens with one attached hydrogen (secondary N) is 1. The second-order valence-electron chi connectivity index (χ2n) is 4.86. The van der Waals surface area contributed by atoms with Crippen LogP contribution in [0, 0.1) is 11.8 Å². The monoisotopic (exact) mass is 274 g/mol. The second kappa shape index (κ2) is 6.84. The maximum Gasteiger partial charge on any atom is 0.307 e. The maximum atomic E-state index is 12.1. The lowest BCUT2D eigenvalue weighted by molar-refractivity contribution is -0.147. The Labute approximate surface area is 117 Å². The van der Waals surface area contributed by atoms with Crippen molar-refractivity contribution in [2.45, 2.75) is 19.3 Å².